The van der Waals surface area contributed by atoms with E-state index in [0.717, 1.165) is 17.0 Å². The number of halogens is 2. The van der Waals surface area contributed by atoms with Crippen molar-refractivity contribution in [3.05, 3.63) is 24.0 Å². The zero-order chi connectivity index (χ0) is 14.9. The number of hydrogen-bond donors (Lipinski definition) is 0. The van der Waals surface area contributed by atoms with Gasteiger partial charge in [-0.2, -0.15) is 8.42 Å². The van der Waals surface area contributed by atoms with Gasteiger partial charge in [-0.25, -0.2) is 4.39 Å². The Morgan fingerprint density at radius 1 is 1.45 bits per heavy atom. The van der Waals surface area contributed by atoms with Crippen molar-refractivity contribution in [2.75, 3.05) is 18.1 Å². The van der Waals surface area contributed by atoms with Gasteiger partial charge >= 0.3 is 10.2 Å². The van der Waals surface area contributed by atoms with Crippen LogP contribution in [0.1, 0.15) is 13.3 Å². The molecule has 1 amide bonds. The molecule has 1 unspecified atom stereocenters. The topological polar surface area (TPSA) is 63.7 Å². The van der Waals surface area contributed by atoms with E-state index in [1.165, 1.54) is 6.07 Å². The molecule has 0 aromatic heterocycles. The van der Waals surface area contributed by atoms with Crippen LogP contribution in [0, 0.1) is 5.82 Å². The Balaban J connectivity index is 2.35. The summed E-state index contributed by atoms with van der Waals surface area (Å²) in [6.07, 6.45) is -0.429. The number of ether oxygens (including phenoxy) is 1. The maximum Gasteiger partial charge on any atom is 0.307 e. The van der Waals surface area contributed by atoms with Gasteiger partial charge in [0, 0.05) is 19.0 Å². The molecular formula is C12H13F2NO4S. The second-order valence-electron chi connectivity index (χ2n) is 4.35. The third-order valence-corrected chi connectivity index (χ3v) is 4.11. The second kappa shape index (κ2) is 5.35. The number of anilines is 1. The van der Waals surface area contributed by atoms with Crippen LogP contribution < -0.4 is 9.64 Å². The van der Waals surface area contributed by atoms with Crippen LogP contribution in [0.2, 0.25) is 0 Å². The number of amides is 1. The van der Waals surface area contributed by atoms with Crippen molar-refractivity contribution in [1.29, 1.82) is 0 Å². The van der Waals surface area contributed by atoms with Crippen molar-refractivity contribution in [3.8, 4) is 5.75 Å². The second-order valence-corrected chi connectivity index (χ2v) is 5.97. The van der Waals surface area contributed by atoms with Gasteiger partial charge in [0.15, 0.2) is 0 Å². The third kappa shape index (κ3) is 2.90. The van der Waals surface area contributed by atoms with Crippen LogP contribution in [0.5, 0.6) is 5.75 Å². The summed E-state index contributed by atoms with van der Waals surface area (Å²) >= 11 is 0. The van der Waals surface area contributed by atoms with E-state index < -0.39 is 33.6 Å². The van der Waals surface area contributed by atoms with Gasteiger partial charge < -0.3 is 9.64 Å². The fourth-order valence-corrected chi connectivity index (χ4v) is 2.75. The highest BCUT2D eigenvalue weighted by Gasteiger charge is 2.40. The summed E-state index contributed by atoms with van der Waals surface area (Å²) in [6, 6.07) is 3.54. The van der Waals surface area contributed by atoms with E-state index in [4.69, 9.17) is 4.74 Å². The molecule has 0 aliphatic carbocycles. The van der Waals surface area contributed by atoms with Crippen LogP contribution in [0.4, 0.5) is 14.0 Å². The van der Waals surface area contributed by atoms with Gasteiger partial charge in [0.2, 0.25) is 5.91 Å². The molecule has 20 heavy (non-hydrogen) atoms. The lowest BCUT2D eigenvalue weighted by molar-refractivity contribution is -0.117. The summed E-state index contributed by atoms with van der Waals surface area (Å²) in [5, 5.41) is -1.39. The maximum atomic E-state index is 13.2. The molecule has 1 aliphatic heterocycles. The van der Waals surface area contributed by atoms with Gasteiger partial charge in [-0.1, -0.05) is 0 Å². The number of nitrogens with zero attached hydrogens (tertiary/aromatic N) is 1. The smallest absolute Gasteiger partial charge is 0.307 e. The van der Waals surface area contributed by atoms with E-state index in [9.17, 15) is 21.5 Å². The van der Waals surface area contributed by atoms with Gasteiger partial charge in [0.05, 0.1) is 12.3 Å². The van der Waals surface area contributed by atoms with Gasteiger partial charge in [-0.05, 0) is 19.1 Å². The monoisotopic (exact) mass is 305 g/mol. The fourth-order valence-electron chi connectivity index (χ4n) is 2.08. The molecule has 2 rings (SSSR count). The first-order valence-corrected chi connectivity index (χ1v) is 7.43. The number of carbonyl (C=O) groups is 1. The number of rotatable bonds is 4. The van der Waals surface area contributed by atoms with E-state index in [1.807, 2.05) is 0 Å². The van der Waals surface area contributed by atoms with Gasteiger partial charge in [-0.3, -0.25) is 4.79 Å². The fraction of sp³-hybridized carbons (Fsp3) is 0.417. The zero-order valence-electron chi connectivity index (χ0n) is 10.7. The van der Waals surface area contributed by atoms with Crippen molar-refractivity contribution in [3.63, 3.8) is 0 Å². The summed E-state index contributed by atoms with van der Waals surface area (Å²) in [5.74, 6) is -0.958. The van der Waals surface area contributed by atoms with Crippen LogP contribution in [0.25, 0.3) is 0 Å². The molecule has 1 aliphatic rings. The largest absolute Gasteiger partial charge is 0.492 e. The van der Waals surface area contributed by atoms with Crippen LogP contribution in [0.15, 0.2) is 18.2 Å². The summed E-state index contributed by atoms with van der Waals surface area (Å²) in [7, 11) is -4.79. The van der Waals surface area contributed by atoms with Crippen molar-refractivity contribution >= 4 is 21.8 Å². The first kappa shape index (κ1) is 14.7. The minimum absolute atomic E-state index is 0.123. The molecule has 0 saturated carbocycles. The number of carbonyl (C=O) groups excluding carboxylic acids is 1. The van der Waals surface area contributed by atoms with Crippen molar-refractivity contribution in [1.82, 2.24) is 0 Å². The quantitative estimate of drug-likeness (QED) is 0.793. The summed E-state index contributed by atoms with van der Waals surface area (Å²) in [4.78, 5) is 12.9. The Morgan fingerprint density at radius 2 is 2.15 bits per heavy atom. The Morgan fingerprint density at radius 3 is 2.70 bits per heavy atom. The molecule has 5 nitrogen and oxygen atoms in total. The molecule has 8 heteroatoms. The standard InChI is InChI=1S/C12H13F2NO4S/c1-2-19-11-5-8(13)3-4-10(11)15-7-9(6-12(15)16)20(14,17)18/h3-5,9H,2,6-7H2,1H3. The van der Waals surface area contributed by atoms with E-state index in [1.54, 1.807) is 6.92 Å². The van der Waals surface area contributed by atoms with Crippen LogP contribution >= 0.6 is 0 Å². The SMILES string of the molecule is CCOc1cc(F)ccc1N1CC(S(=O)(=O)F)CC1=O. The van der Waals surface area contributed by atoms with Crippen LogP contribution in [-0.4, -0.2) is 32.7 Å². The molecule has 1 aromatic rings. The van der Waals surface area contributed by atoms with Gasteiger partial charge in [0.1, 0.15) is 16.8 Å². The molecule has 0 bridgehead atoms. The summed E-state index contributed by atoms with van der Waals surface area (Å²) < 4.78 is 53.1. The molecule has 0 spiro atoms. The average molecular weight is 305 g/mol. The average Bonchev–Trinajstić information content (AvgIpc) is 2.72. The van der Waals surface area contributed by atoms with E-state index in [2.05, 4.69) is 0 Å². The summed E-state index contributed by atoms with van der Waals surface area (Å²) in [6.45, 7) is 1.64. The van der Waals surface area contributed by atoms with E-state index >= 15 is 0 Å². The lowest BCUT2D eigenvalue weighted by Crippen LogP contribution is -2.27. The van der Waals surface area contributed by atoms with Crippen LogP contribution in [-0.2, 0) is 15.0 Å². The van der Waals surface area contributed by atoms with Crippen molar-refractivity contribution in [2.24, 2.45) is 0 Å². The summed E-state index contributed by atoms with van der Waals surface area (Å²) in [5.41, 5.74) is 0.240. The number of benzene rings is 1. The molecular weight excluding hydrogens is 292 g/mol. The van der Waals surface area contributed by atoms with Crippen molar-refractivity contribution < 1.29 is 26.2 Å². The van der Waals surface area contributed by atoms with Gasteiger partial charge in [-0.15, -0.1) is 3.89 Å². The lowest BCUT2D eigenvalue weighted by atomic mass is 10.2. The highest BCUT2D eigenvalue weighted by molar-refractivity contribution is 7.87. The highest BCUT2D eigenvalue weighted by atomic mass is 32.3. The molecule has 1 fully saturated rings. The first-order valence-electron chi connectivity index (χ1n) is 5.99. The normalized spacial score (nSPS) is 19.4. The minimum atomic E-state index is -4.79. The zero-order valence-corrected chi connectivity index (χ0v) is 11.5. The third-order valence-electron chi connectivity index (χ3n) is 3.00. The Hall–Kier alpha value is -1.70. The number of hydrogen-bond acceptors (Lipinski definition) is 4. The lowest BCUT2D eigenvalue weighted by Gasteiger charge is -2.19. The molecule has 0 radical (unpaired) electrons. The van der Waals surface area contributed by atoms with Crippen molar-refractivity contribution in [2.45, 2.75) is 18.6 Å². The van der Waals surface area contributed by atoms with Gasteiger partial charge in [0.25, 0.3) is 0 Å². The Labute approximate surface area is 115 Å². The predicted molar refractivity (Wildman–Crippen MR) is 68.4 cm³/mol. The molecule has 0 N–H and O–H groups in total. The van der Waals surface area contributed by atoms with Crippen LogP contribution in [0.3, 0.4) is 0 Å². The maximum absolute atomic E-state index is 13.2. The molecule has 1 saturated heterocycles. The minimum Gasteiger partial charge on any atom is -0.492 e. The van der Waals surface area contributed by atoms with E-state index in [-0.39, 0.29) is 24.6 Å². The Kier molecular flexibility index (Phi) is 3.94. The molecule has 1 heterocycles. The molecule has 110 valence electrons. The first-order chi connectivity index (χ1) is 9.32. The molecule has 1 atom stereocenters. The highest BCUT2D eigenvalue weighted by Crippen LogP contribution is 2.33. The molecule has 1 aromatic carbocycles. The van der Waals surface area contributed by atoms with E-state index in [0.29, 0.717) is 0 Å². The Bertz CT molecular complexity index is 632. The predicted octanol–water partition coefficient (Wildman–Crippen LogP) is 1.63.